The van der Waals surface area contributed by atoms with Gasteiger partial charge in [0, 0.05) is 70.4 Å². The van der Waals surface area contributed by atoms with Gasteiger partial charge in [0.05, 0.1) is 22.8 Å². The molecule has 0 spiro atoms. The van der Waals surface area contributed by atoms with Crippen molar-refractivity contribution >= 4 is 40.3 Å². The molecule has 5 nitrogen and oxygen atoms in total. The maximum Gasteiger partial charge on any atom is 0.101 e. The first-order chi connectivity index (χ1) is 33.1. The summed E-state index contributed by atoms with van der Waals surface area (Å²) in [5, 5.41) is 0. The Morgan fingerprint density at radius 1 is 0.761 bits per heavy atom. The Morgan fingerprint density at radius 3 is 2.31 bits per heavy atom. The Labute approximate surface area is 397 Å². The molecule has 2 aliphatic heterocycles. The molecule has 334 valence electrons. The number of fused-ring (bicyclic) bond motifs is 8. The zero-order valence-corrected chi connectivity index (χ0v) is 39.6. The van der Waals surface area contributed by atoms with Crippen LogP contribution in [-0.2, 0) is 12.8 Å². The monoisotopic (exact) mass is 875 g/mol. The molecule has 0 fully saturated rings. The summed E-state index contributed by atoms with van der Waals surface area (Å²) in [6.45, 7) is 13.7. The molecule has 67 heavy (non-hydrogen) atoms. The Morgan fingerprint density at radius 2 is 1.54 bits per heavy atom. The zero-order chi connectivity index (χ0) is 46.3. The summed E-state index contributed by atoms with van der Waals surface area (Å²) in [5.41, 5.74) is 21.8. The van der Waals surface area contributed by atoms with Crippen molar-refractivity contribution in [1.29, 1.82) is 0 Å². The summed E-state index contributed by atoms with van der Waals surface area (Å²) in [4.78, 5) is 17.3. The van der Waals surface area contributed by atoms with Crippen molar-refractivity contribution in [3.05, 3.63) is 222 Å². The van der Waals surface area contributed by atoms with Gasteiger partial charge < -0.3 is 9.47 Å². The van der Waals surface area contributed by atoms with Crippen LogP contribution in [0.4, 0.5) is 11.4 Å². The topological polar surface area (TPSA) is 46.3 Å². The minimum atomic E-state index is 0.0292. The van der Waals surface area contributed by atoms with Gasteiger partial charge in [-0.05, 0) is 120 Å². The summed E-state index contributed by atoms with van der Waals surface area (Å²) in [6, 6.07) is 43.8. The van der Waals surface area contributed by atoms with Crippen LogP contribution in [0.15, 0.2) is 199 Å². The van der Waals surface area contributed by atoms with E-state index in [1.54, 1.807) is 6.08 Å². The highest BCUT2D eigenvalue weighted by Crippen LogP contribution is 2.53. The second-order valence-corrected chi connectivity index (χ2v) is 17.3. The molecule has 3 aliphatic carbocycles. The van der Waals surface area contributed by atoms with Gasteiger partial charge in [-0.1, -0.05) is 156 Å². The lowest BCUT2D eigenvalue weighted by atomic mass is 9.80. The smallest absolute Gasteiger partial charge is 0.101 e. The van der Waals surface area contributed by atoms with E-state index in [9.17, 15) is 0 Å². The molecule has 4 aromatic carbocycles. The van der Waals surface area contributed by atoms with Crippen molar-refractivity contribution < 1.29 is 0 Å². The van der Waals surface area contributed by atoms with Crippen molar-refractivity contribution in [3.8, 4) is 28.1 Å². The lowest BCUT2D eigenvalue weighted by Crippen LogP contribution is -2.29. The number of para-hydroxylation sites is 1. The maximum absolute atomic E-state index is 5.11. The number of anilines is 2. The van der Waals surface area contributed by atoms with Crippen molar-refractivity contribution in [2.45, 2.75) is 78.8 Å². The van der Waals surface area contributed by atoms with Crippen LogP contribution in [0.25, 0.3) is 50.8 Å². The van der Waals surface area contributed by atoms with Crippen LogP contribution in [0.1, 0.15) is 87.9 Å². The number of hydrogen-bond donors (Lipinski definition) is 0. The zero-order valence-electron chi connectivity index (χ0n) is 39.6. The quantitative estimate of drug-likeness (QED) is 0.156. The molecule has 0 bridgehead atoms. The summed E-state index contributed by atoms with van der Waals surface area (Å²) in [7, 11) is 0. The van der Waals surface area contributed by atoms with Crippen LogP contribution in [0, 0.1) is 5.92 Å². The SMILES string of the molecule is C1=CC2C(N=C1)c1cc(-c3ccccc3-c3ccccn3)ccc1N2c1cccc2c1CC1=C2CC(C2=Cc3c(n(-c4ccccc4)c4cccnc34)CC2)C=C1.C=C/C=C\C.CC.CCC. The summed E-state index contributed by atoms with van der Waals surface area (Å²) in [5.74, 6) is 0.366. The second-order valence-electron chi connectivity index (χ2n) is 17.3. The van der Waals surface area contributed by atoms with E-state index in [0.717, 1.165) is 42.5 Å². The summed E-state index contributed by atoms with van der Waals surface area (Å²) >= 11 is 0. The molecule has 5 heteroatoms. The first-order valence-corrected chi connectivity index (χ1v) is 24.3. The van der Waals surface area contributed by atoms with E-state index in [-0.39, 0.29) is 12.1 Å². The number of pyridine rings is 2. The molecule has 0 saturated carbocycles. The van der Waals surface area contributed by atoms with Crippen LogP contribution in [-0.4, -0.2) is 26.8 Å². The number of benzene rings is 4. The van der Waals surface area contributed by atoms with E-state index in [4.69, 9.17) is 15.0 Å². The largest absolute Gasteiger partial charge is 0.331 e. The van der Waals surface area contributed by atoms with Gasteiger partial charge in [0.15, 0.2) is 0 Å². The van der Waals surface area contributed by atoms with Crippen LogP contribution in [0.2, 0.25) is 0 Å². The highest BCUT2D eigenvalue weighted by atomic mass is 15.2. The highest BCUT2D eigenvalue weighted by molar-refractivity contribution is 5.92. The van der Waals surface area contributed by atoms with Gasteiger partial charge >= 0.3 is 0 Å². The Balaban J connectivity index is 0.000000518. The second kappa shape index (κ2) is 20.4. The van der Waals surface area contributed by atoms with E-state index in [1.807, 2.05) is 57.6 Å². The number of aromatic nitrogens is 3. The Kier molecular flexibility index (Phi) is 13.7. The van der Waals surface area contributed by atoms with Gasteiger partial charge in [0.1, 0.15) is 6.04 Å². The molecule has 7 aromatic rings. The fourth-order valence-corrected chi connectivity index (χ4v) is 10.4. The van der Waals surface area contributed by atoms with Gasteiger partial charge in [-0.15, -0.1) is 0 Å². The van der Waals surface area contributed by atoms with Crippen LogP contribution < -0.4 is 4.90 Å². The van der Waals surface area contributed by atoms with Crippen molar-refractivity contribution in [2.24, 2.45) is 10.9 Å². The minimum Gasteiger partial charge on any atom is -0.331 e. The predicted octanol–water partition coefficient (Wildman–Crippen LogP) is 16.1. The van der Waals surface area contributed by atoms with E-state index in [1.165, 1.54) is 84.8 Å². The molecule has 3 aromatic heterocycles. The van der Waals surface area contributed by atoms with Gasteiger partial charge in [-0.25, -0.2) is 0 Å². The Bertz CT molecular complexity index is 3090. The van der Waals surface area contributed by atoms with Crippen LogP contribution in [0.5, 0.6) is 0 Å². The average molecular weight is 876 g/mol. The third-order valence-electron chi connectivity index (χ3n) is 13.2. The molecule has 3 unspecified atom stereocenters. The van der Waals surface area contributed by atoms with Crippen molar-refractivity contribution in [3.63, 3.8) is 0 Å². The number of allylic oxidation sites excluding steroid dienone is 9. The van der Waals surface area contributed by atoms with Gasteiger partial charge in [0.2, 0.25) is 0 Å². The normalized spacial score (nSPS) is 18.0. The molecule has 0 saturated heterocycles. The van der Waals surface area contributed by atoms with Crippen LogP contribution in [0.3, 0.4) is 0 Å². The average Bonchev–Trinajstić information content (AvgIpc) is 4.05. The van der Waals surface area contributed by atoms with Crippen molar-refractivity contribution in [1.82, 2.24) is 14.5 Å². The molecular weight excluding hydrogens is 815 g/mol. The summed E-state index contributed by atoms with van der Waals surface area (Å²) in [6.07, 6.45) is 28.5. The molecule has 0 radical (unpaired) electrons. The number of nitrogens with zero attached hydrogens (tertiary/aromatic N) is 5. The molecule has 0 N–H and O–H groups in total. The van der Waals surface area contributed by atoms with E-state index in [0.29, 0.717) is 5.92 Å². The number of aliphatic imine (C=N–C) groups is 1. The lowest BCUT2D eigenvalue weighted by molar-refractivity contribution is 0.666. The maximum atomic E-state index is 5.11. The van der Waals surface area contributed by atoms with E-state index >= 15 is 0 Å². The van der Waals surface area contributed by atoms with Gasteiger partial charge in [-0.3, -0.25) is 15.0 Å². The molecule has 3 atom stereocenters. The molecular formula is C62H61N5. The Hall–Kier alpha value is -7.37. The standard InChI is InChI=1S/C52H39N5.C5H8.C3H8.C2H6/c1-2-11-37(12-3-1)56-47-24-22-34(30-43(47)51-49(56)18-9-27-54-51)33-20-21-36-31-42-39(41(36)29-33)15-8-17-46(42)57-48-25-23-35(32-44(48)52-50(57)19-10-28-55-52)38-13-4-5-14-40(38)45-16-6-7-26-53-45;1-3-5-4-2;1-3-2;1-2/h1-21,23,25-28,30,32-33,50,52H,22,24,29,31H2;3-5H,1H2,2H3;3H2,1-2H3;1-2H3/b;5-4-;;. The third kappa shape index (κ3) is 8.51. The number of dihydropyridines is 1. The fraction of sp³-hybridized carbons (Fsp3) is 0.210. The first-order valence-electron chi connectivity index (χ1n) is 24.3. The summed E-state index contributed by atoms with van der Waals surface area (Å²) < 4.78 is 2.42. The fourth-order valence-electron chi connectivity index (χ4n) is 10.4. The molecule has 12 rings (SSSR count). The number of hydrogen-bond acceptors (Lipinski definition) is 4. The van der Waals surface area contributed by atoms with Crippen molar-refractivity contribution in [2.75, 3.05) is 4.90 Å². The first kappa shape index (κ1) is 44.8. The van der Waals surface area contributed by atoms with Crippen LogP contribution >= 0.6 is 0 Å². The molecule has 0 amide bonds. The molecule has 5 heterocycles. The lowest BCUT2D eigenvalue weighted by Gasteiger charge is -2.30. The molecule has 5 aliphatic rings. The number of rotatable bonds is 6. The highest BCUT2D eigenvalue weighted by Gasteiger charge is 2.41. The van der Waals surface area contributed by atoms with E-state index < -0.39 is 0 Å². The van der Waals surface area contributed by atoms with Gasteiger partial charge in [0.25, 0.3) is 0 Å². The predicted molar refractivity (Wildman–Crippen MR) is 285 cm³/mol. The van der Waals surface area contributed by atoms with E-state index in [2.05, 4.69) is 176 Å². The third-order valence-corrected chi connectivity index (χ3v) is 13.2. The van der Waals surface area contributed by atoms with Gasteiger partial charge in [-0.2, -0.15) is 0 Å². The minimum absolute atomic E-state index is 0.0292.